The summed E-state index contributed by atoms with van der Waals surface area (Å²) in [4.78, 5) is 10.6. The second-order valence-corrected chi connectivity index (χ2v) is 6.67. The second-order valence-electron chi connectivity index (χ2n) is 4.99. The van der Waals surface area contributed by atoms with Gasteiger partial charge in [0, 0.05) is 11.6 Å². The number of sulfonamides is 1. The number of rotatable bonds is 4. The Bertz CT molecular complexity index is 636. The number of nitrogens with one attached hydrogen (secondary N) is 1. The Morgan fingerprint density at radius 3 is 2.50 bits per heavy atom. The first-order chi connectivity index (χ1) is 9.31. The van der Waals surface area contributed by atoms with Gasteiger partial charge in [-0.3, -0.25) is 0 Å². The molecule has 110 valence electrons. The SMILES string of the molecule is Cc1c(F)cc(C(=O)O)cc1S(=O)(=O)NC1CCCC1. The smallest absolute Gasteiger partial charge is 0.335 e. The van der Waals surface area contributed by atoms with E-state index in [1.165, 1.54) is 6.92 Å². The highest BCUT2D eigenvalue weighted by molar-refractivity contribution is 7.89. The number of carboxylic acids is 1. The van der Waals surface area contributed by atoms with Crippen LogP contribution in [0.2, 0.25) is 0 Å². The summed E-state index contributed by atoms with van der Waals surface area (Å²) in [6.07, 6.45) is 3.41. The van der Waals surface area contributed by atoms with Crippen molar-refractivity contribution in [3.8, 4) is 0 Å². The molecule has 0 atom stereocenters. The minimum Gasteiger partial charge on any atom is -0.478 e. The molecule has 0 bridgehead atoms. The van der Waals surface area contributed by atoms with E-state index < -0.39 is 21.8 Å². The molecule has 5 nitrogen and oxygen atoms in total. The van der Waals surface area contributed by atoms with Crippen molar-refractivity contribution in [2.75, 3.05) is 0 Å². The Morgan fingerprint density at radius 2 is 1.95 bits per heavy atom. The van der Waals surface area contributed by atoms with Crippen LogP contribution in [0.1, 0.15) is 41.6 Å². The first-order valence-corrected chi connectivity index (χ1v) is 7.85. The van der Waals surface area contributed by atoms with Crippen LogP contribution in [-0.2, 0) is 10.0 Å². The molecule has 0 spiro atoms. The van der Waals surface area contributed by atoms with Crippen molar-refractivity contribution in [3.05, 3.63) is 29.1 Å². The molecule has 1 aromatic carbocycles. The third-order valence-electron chi connectivity index (χ3n) is 3.51. The Hall–Kier alpha value is -1.47. The van der Waals surface area contributed by atoms with Crippen LogP contribution >= 0.6 is 0 Å². The zero-order valence-electron chi connectivity index (χ0n) is 11.0. The van der Waals surface area contributed by atoms with Crippen LogP contribution < -0.4 is 4.72 Å². The summed E-state index contributed by atoms with van der Waals surface area (Å²) in [7, 11) is -3.91. The molecule has 2 rings (SSSR count). The molecular formula is C13H16FNO4S. The lowest BCUT2D eigenvalue weighted by atomic mass is 10.1. The van der Waals surface area contributed by atoms with Gasteiger partial charge in [-0.2, -0.15) is 0 Å². The monoisotopic (exact) mass is 301 g/mol. The van der Waals surface area contributed by atoms with E-state index in [1.807, 2.05) is 0 Å². The van der Waals surface area contributed by atoms with Crippen molar-refractivity contribution in [3.63, 3.8) is 0 Å². The molecule has 7 heteroatoms. The Kier molecular flexibility index (Phi) is 4.10. The molecule has 1 aliphatic carbocycles. The van der Waals surface area contributed by atoms with Crippen LogP contribution in [-0.4, -0.2) is 25.5 Å². The largest absolute Gasteiger partial charge is 0.478 e. The topological polar surface area (TPSA) is 83.5 Å². The van der Waals surface area contributed by atoms with Crippen LogP contribution in [0.15, 0.2) is 17.0 Å². The Balaban J connectivity index is 2.41. The first kappa shape index (κ1) is 14.9. The summed E-state index contributed by atoms with van der Waals surface area (Å²) in [5, 5.41) is 8.89. The van der Waals surface area contributed by atoms with Gasteiger partial charge in [0.1, 0.15) is 5.82 Å². The van der Waals surface area contributed by atoms with Crippen molar-refractivity contribution < 1.29 is 22.7 Å². The van der Waals surface area contributed by atoms with Crippen molar-refractivity contribution in [2.45, 2.75) is 43.5 Å². The minimum atomic E-state index is -3.91. The zero-order valence-corrected chi connectivity index (χ0v) is 11.8. The van der Waals surface area contributed by atoms with Crippen molar-refractivity contribution in [1.82, 2.24) is 4.72 Å². The minimum absolute atomic E-state index is 0.0690. The van der Waals surface area contributed by atoms with E-state index in [2.05, 4.69) is 4.72 Å². The summed E-state index contributed by atoms with van der Waals surface area (Å²) < 4.78 is 40.7. The molecule has 1 aromatic rings. The molecule has 0 aliphatic heterocycles. The molecule has 1 fully saturated rings. The third-order valence-corrected chi connectivity index (χ3v) is 5.16. The molecule has 0 aromatic heterocycles. The van der Waals surface area contributed by atoms with Crippen LogP contribution in [0, 0.1) is 12.7 Å². The summed E-state index contributed by atoms with van der Waals surface area (Å²) in [6.45, 7) is 1.32. The van der Waals surface area contributed by atoms with Crippen LogP contribution in [0.3, 0.4) is 0 Å². The molecule has 1 saturated carbocycles. The van der Waals surface area contributed by atoms with Gasteiger partial charge in [-0.15, -0.1) is 0 Å². The number of carboxylic acid groups (broad SMARTS) is 1. The Morgan fingerprint density at radius 1 is 1.35 bits per heavy atom. The van der Waals surface area contributed by atoms with Gasteiger partial charge in [0.2, 0.25) is 10.0 Å². The van der Waals surface area contributed by atoms with E-state index in [-0.39, 0.29) is 22.1 Å². The molecule has 0 saturated heterocycles. The predicted molar refractivity (Wildman–Crippen MR) is 70.7 cm³/mol. The molecule has 0 amide bonds. The number of halogens is 1. The van der Waals surface area contributed by atoms with Crippen LogP contribution in [0.4, 0.5) is 4.39 Å². The van der Waals surface area contributed by atoms with Crippen LogP contribution in [0.5, 0.6) is 0 Å². The zero-order chi connectivity index (χ0) is 14.9. The maximum atomic E-state index is 13.7. The highest BCUT2D eigenvalue weighted by Crippen LogP contribution is 2.24. The van der Waals surface area contributed by atoms with Gasteiger partial charge < -0.3 is 5.11 Å². The number of hydrogen-bond acceptors (Lipinski definition) is 3. The van der Waals surface area contributed by atoms with Gasteiger partial charge in [0.15, 0.2) is 0 Å². The lowest BCUT2D eigenvalue weighted by molar-refractivity contribution is 0.0696. The molecule has 1 aliphatic rings. The average molecular weight is 301 g/mol. The maximum Gasteiger partial charge on any atom is 0.335 e. The molecule has 2 N–H and O–H groups in total. The highest BCUT2D eigenvalue weighted by atomic mass is 32.2. The lowest BCUT2D eigenvalue weighted by Crippen LogP contribution is -2.33. The fourth-order valence-electron chi connectivity index (χ4n) is 2.38. The van der Waals surface area contributed by atoms with Crippen LogP contribution in [0.25, 0.3) is 0 Å². The third kappa shape index (κ3) is 2.99. The fourth-order valence-corrected chi connectivity index (χ4v) is 3.97. The Labute approximate surface area is 116 Å². The van der Waals surface area contributed by atoms with Crippen molar-refractivity contribution in [1.29, 1.82) is 0 Å². The average Bonchev–Trinajstić information content (AvgIpc) is 2.83. The molecule has 0 heterocycles. The lowest BCUT2D eigenvalue weighted by Gasteiger charge is -2.15. The standard InChI is InChI=1S/C13H16FNO4S/c1-8-11(14)6-9(13(16)17)7-12(8)20(18,19)15-10-4-2-3-5-10/h6-7,10,15H,2-5H2,1H3,(H,16,17). The predicted octanol–water partition coefficient (Wildman–Crippen LogP) is 2.05. The van der Waals surface area contributed by atoms with Crippen molar-refractivity contribution in [2.24, 2.45) is 0 Å². The number of benzene rings is 1. The van der Waals surface area contributed by atoms with E-state index in [1.54, 1.807) is 0 Å². The fraction of sp³-hybridized carbons (Fsp3) is 0.462. The maximum absolute atomic E-state index is 13.7. The molecule has 0 unspecified atom stereocenters. The van der Waals surface area contributed by atoms with E-state index in [4.69, 9.17) is 5.11 Å². The molecule has 20 heavy (non-hydrogen) atoms. The summed E-state index contributed by atoms with van der Waals surface area (Å²) in [5.74, 6) is -2.20. The first-order valence-electron chi connectivity index (χ1n) is 6.37. The van der Waals surface area contributed by atoms with E-state index in [9.17, 15) is 17.6 Å². The van der Waals surface area contributed by atoms with E-state index in [0.717, 1.165) is 37.8 Å². The summed E-state index contributed by atoms with van der Waals surface area (Å²) >= 11 is 0. The van der Waals surface area contributed by atoms with Gasteiger partial charge in [-0.1, -0.05) is 12.8 Å². The van der Waals surface area contributed by atoms with Gasteiger partial charge in [-0.05, 0) is 31.9 Å². The normalized spacial score (nSPS) is 16.5. The quantitative estimate of drug-likeness (QED) is 0.891. The highest BCUT2D eigenvalue weighted by Gasteiger charge is 2.26. The number of aromatic carboxylic acids is 1. The van der Waals surface area contributed by atoms with Crippen molar-refractivity contribution >= 4 is 16.0 Å². The van der Waals surface area contributed by atoms with Gasteiger partial charge in [-0.25, -0.2) is 22.3 Å². The molecular weight excluding hydrogens is 285 g/mol. The number of hydrogen-bond donors (Lipinski definition) is 2. The van der Waals surface area contributed by atoms with Gasteiger partial charge in [0.25, 0.3) is 0 Å². The van der Waals surface area contributed by atoms with E-state index >= 15 is 0 Å². The van der Waals surface area contributed by atoms with Gasteiger partial charge in [0.05, 0.1) is 10.5 Å². The second kappa shape index (κ2) is 5.49. The number of carbonyl (C=O) groups is 1. The summed E-state index contributed by atoms with van der Waals surface area (Å²) in [6, 6.07) is 1.67. The van der Waals surface area contributed by atoms with Gasteiger partial charge >= 0.3 is 5.97 Å². The summed E-state index contributed by atoms with van der Waals surface area (Å²) in [5.41, 5.74) is -0.444. The molecule has 0 radical (unpaired) electrons. The van der Waals surface area contributed by atoms with E-state index in [0.29, 0.717) is 0 Å².